The van der Waals surface area contributed by atoms with Crippen molar-refractivity contribution in [1.29, 1.82) is 0 Å². The van der Waals surface area contributed by atoms with Crippen molar-refractivity contribution in [2.45, 2.75) is 31.8 Å². The molecule has 1 spiro atoms. The highest BCUT2D eigenvalue weighted by molar-refractivity contribution is 5.94. The van der Waals surface area contributed by atoms with Gasteiger partial charge in [0.2, 0.25) is 0 Å². The number of rotatable bonds is 2. The molecule has 2 aromatic carbocycles. The lowest BCUT2D eigenvalue weighted by Crippen LogP contribution is -2.50. The summed E-state index contributed by atoms with van der Waals surface area (Å²) < 4.78 is 22.3. The van der Waals surface area contributed by atoms with Gasteiger partial charge >= 0.3 is 0 Å². The van der Waals surface area contributed by atoms with Crippen molar-refractivity contribution < 1.29 is 19.0 Å². The molecule has 3 heterocycles. The lowest BCUT2D eigenvalue weighted by molar-refractivity contribution is -0.00951. The highest BCUT2D eigenvalue weighted by Gasteiger charge is 2.44. The van der Waals surface area contributed by atoms with E-state index >= 15 is 0 Å². The normalized spacial score (nSPS) is 16.7. The topological polar surface area (TPSA) is 54.7 Å². The van der Waals surface area contributed by atoms with Crippen LogP contribution in [-0.2, 0) is 12.0 Å². The molecule has 1 N–H and O–H groups in total. The van der Waals surface area contributed by atoms with E-state index in [2.05, 4.69) is 4.57 Å². The van der Waals surface area contributed by atoms with E-state index in [1.807, 2.05) is 25.3 Å². The van der Waals surface area contributed by atoms with Crippen molar-refractivity contribution >= 4 is 5.91 Å². The van der Waals surface area contributed by atoms with Gasteiger partial charge in [0, 0.05) is 43.8 Å². The van der Waals surface area contributed by atoms with Gasteiger partial charge in [0.25, 0.3) is 5.91 Å². The van der Waals surface area contributed by atoms with Crippen LogP contribution in [0.5, 0.6) is 11.5 Å². The van der Waals surface area contributed by atoms with Crippen LogP contribution in [-0.4, -0.2) is 33.6 Å². The van der Waals surface area contributed by atoms with Crippen LogP contribution >= 0.6 is 0 Å². The van der Waals surface area contributed by atoms with Crippen molar-refractivity contribution in [3.8, 4) is 17.2 Å². The van der Waals surface area contributed by atoms with Gasteiger partial charge in [-0.1, -0.05) is 13.0 Å². The van der Waals surface area contributed by atoms with Gasteiger partial charge in [0.15, 0.2) is 5.60 Å². The van der Waals surface area contributed by atoms with Gasteiger partial charge in [-0.15, -0.1) is 0 Å². The number of aromatic nitrogens is 1. The third-order valence-electron chi connectivity index (χ3n) is 6.27. The van der Waals surface area contributed by atoms with Gasteiger partial charge < -0.3 is 19.3 Å². The predicted octanol–water partition coefficient (Wildman–Crippen LogP) is 4.41. The Balaban J connectivity index is 1.39. The molecule has 6 heteroatoms. The highest BCUT2D eigenvalue weighted by Crippen LogP contribution is 2.45. The molecule has 1 amide bonds. The maximum atomic E-state index is 13.8. The van der Waals surface area contributed by atoms with Crippen molar-refractivity contribution in [2.75, 3.05) is 13.1 Å². The van der Waals surface area contributed by atoms with Crippen LogP contribution in [0.25, 0.3) is 5.69 Å². The number of fused-ring (bicyclic) bond motifs is 4. The van der Waals surface area contributed by atoms with Crippen LogP contribution in [0.3, 0.4) is 0 Å². The first-order chi connectivity index (χ1) is 14.5. The smallest absolute Gasteiger partial charge is 0.253 e. The fourth-order valence-electron chi connectivity index (χ4n) is 4.60. The molecule has 0 saturated carbocycles. The lowest BCUT2D eigenvalue weighted by atomic mass is 9.86. The monoisotopic (exact) mass is 406 g/mol. The van der Waals surface area contributed by atoms with Gasteiger partial charge in [-0.25, -0.2) is 4.39 Å². The second-order valence-electron chi connectivity index (χ2n) is 7.96. The Labute approximate surface area is 174 Å². The number of hydrogen-bond donors (Lipinski definition) is 1. The summed E-state index contributed by atoms with van der Waals surface area (Å²) in [6, 6.07) is 13.7. The molecule has 3 aromatic rings. The van der Waals surface area contributed by atoms with Crippen molar-refractivity contribution in [3.05, 3.63) is 77.4 Å². The number of phenolic OH excluding ortho intramolecular Hbond substituents is 1. The Morgan fingerprint density at radius 1 is 1.17 bits per heavy atom. The SMILES string of the molecule is CCc1ccc(C(=O)N2CCC3(CC2)Oc2cc(F)ccc2-n2cccc23)cc1O. The number of benzene rings is 2. The second kappa shape index (κ2) is 6.90. The molecule has 0 bridgehead atoms. The number of piperidine rings is 1. The van der Waals surface area contributed by atoms with Crippen LogP contribution in [0.2, 0.25) is 0 Å². The average Bonchev–Trinajstić information content (AvgIpc) is 3.25. The molecule has 0 aliphatic carbocycles. The number of aryl methyl sites for hydroxylation is 1. The van der Waals surface area contributed by atoms with E-state index in [9.17, 15) is 14.3 Å². The van der Waals surface area contributed by atoms with Crippen LogP contribution in [0, 0.1) is 5.82 Å². The molecule has 0 radical (unpaired) electrons. The molecule has 1 fully saturated rings. The van der Waals surface area contributed by atoms with Gasteiger partial charge in [0.05, 0.1) is 11.4 Å². The molecule has 1 aromatic heterocycles. The number of hydrogen-bond acceptors (Lipinski definition) is 3. The maximum Gasteiger partial charge on any atom is 0.253 e. The average molecular weight is 406 g/mol. The Morgan fingerprint density at radius 2 is 1.97 bits per heavy atom. The molecule has 2 aliphatic heterocycles. The van der Waals surface area contributed by atoms with Crippen LogP contribution in [0.15, 0.2) is 54.7 Å². The van der Waals surface area contributed by atoms with E-state index in [1.54, 1.807) is 29.2 Å². The lowest BCUT2D eigenvalue weighted by Gasteiger charge is -2.45. The maximum absolute atomic E-state index is 13.8. The standard InChI is InChI=1S/C24H23FN2O3/c1-2-16-5-6-17(14-20(16)28)23(29)26-12-9-24(10-13-26)22-4-3-11-27(22)19-8-7-18(25)15-21(19)30-24/h3-8,11,14-15,28H,2,9-10,12-13H2,1H3. The number of phenols is 1. The van der Waals surface area contributed by atoms with E-state index in [-0.39, 0.29) is 17.5 Å². The summed E-state index contributed by atoms with van der Waals surface area (Å²) in [6.07, 6.45) is 3.90. The summed E-state index contributed by atoms with van der Waals surface area (Å²) in [4.78, 5) is 14.8. The van der Waals surface area contributed by atoms with Gasteiger partial charge in [0.1, 0.15) is 17.3 Å². The van der Waals surface area contributed by atoms with Crippen molar-refractivity contribution in [3.63, 3.8) is 0 Å². The van der Waals surface area contributed by atoms with Crippen molar-refractivity contribution in [2.24, 2.45) is 0 Å². The first-order valence-corrected chi connectivity index (χ1v) is 10.3. The summed E-state index contributed by atoms with van der Waals surface area (Å²) >= 11 is 0. The van der Waals surface area contributed by atoms with E-state index in [0.717, 1.165) is 16.9 Å². The number of aromatic hydroxyl groups is 1. The molecule has 0 unspecified atom stereocenters. The summed E-state index contributed by atoms with van der Waals surface area (Å²) in [5.41, 5.74) is 2.58. The van der Waals surface area contributed by atoms with E-state index in [1.165, 1.54) is 12.1 Å². The first-order valence-electron chi connectivity index (χ1n) is 10.3. The van der Waals surface area contributed by atoms with Crippen LogP contribution < -0.4 is 4.74 Å². The molecule has 0 atom stereocenters. The van der Waals surface area contributed by atoms with E-state index in [0.29, 0.717) is 43.7 Å². The van der Waals surface area contributed by atoms with E-state index < -0.39 is 5.60 Å². The predicted molar refractivity (Wildman–Crippen MR) is 111 cm³/mol. The summed E-state index contributed by atoms with van der Waals surface area (Å²) in [6.45, 7) is 3.00. The quantitative estimate of drug-likeness (QED) is 0.686. The first kappa shape index (κ1) is 18.7. The molecule has 154 valence electrons. The third kappa shape index (κ3) is 2.86. The minimum absolute atomic E-state index is 0.0968. The zero-order valence-corrected chi connectivity index (χ0v) is 16.8. The Bertz CT molecular complexity index is 1130. The fourth-order valence-corrected chi connectivity index (χ4v) is 4.60. The Kier molecular flexibility index (Phi) is 4.31. The Morgan fingerprint density at radius 3 is 2.70 bits per heavy atom. The summed E-state index contributed by atoms with van der Waals surface area (Å²) in [5, 5.41) is 10.1. The minimum atomic E-state index is -0.588. The largest absolute Gasteiger partial charge is 0.508 e. The van der Waals surface area contributed by atoms with Crippen LogP contribution in [0.4, 0.5) is 4.39 Å². The number of carbonyl (C=O) groups excluding carboxylic acids is 1. The summed E-state index contributed by atoms with van der Waals surface area (Å²) in [5.74, 6) is 0.255. The molecule has 5 rings (SSSR count). The number of carbonyl (C=O) groups is 1. The van der Waals surface area contributed by atoms with Gasteiger partial charge in [-0.05, 0) is 48.4 Å². The molecule has 30 heavy (non-hydrogen) atoms. The number of ether oxygens (including phenoxy) is 1. The van der Waals surface area contributed by atoms with Crippen molar-refractivity contribution in [1.82, 2.24) is 9.47 Å². The van der Waals surface area contributed by atoms with Crippen LogP contribution in [0.1, 0.15) is 41.4 Å². The van der Waals surface area contributed by atoms with Gasteiger partial charge in [-0.2, -0.15) is 0 Å². The number of nitrogens with zero attached hydrogens (tertiary/aromatic N) is 2. The second-order valence-corrected chi connectivity index (χ2v) is 7.96. The zero-order valence-electron chi connectivity index (χ0n) is 16.8. The fraction of sp³-hybridized carbons (Fsp3) is 0.292. The molecule has 2 aliphatic rings. The summed E-state index contributed by atoms with van der Waals surface area (Å²) in [7, 11) is 0. The zero-order chi connectivity index (χ0) is 20.9. The van der Waals surface area contributed by atoms with E-state index in [4.69, 9.17) is 4.74 Å². The number of halogens is 1. The molecular formula is C24H23FN2O3. The highest BCUT2D eigenvalue weighted by atomic mass is 19.1. The minimum Gasteiger partial charge on any atom is -0.508 e. The Hall–Kier alpha value is -3.28. The number of amides is 1. The molecule has 5 nitrogen and oxygen atoms in total. The molecular weight excluding hydrogens is 383 g/mol. The third-order valence-corrected chi connectivity index (χ3v) is 6.27. The number of likely N-dealkylation sites (tertiary alicyclic amines) is 1. The van der Waals surface area contributed by atoms with Gasteiger partial charge in [-0.3, -0.25) is 4.79 Å². The molecule has 1 saturated heterocycles.